The van der Waals surface area contributed by atoms with Crippen LogP contribution in [0.15, 0.2) is 39.8 Å². The van der Waals surface area contributed by atoms with E-state index in [0.29, 0.717) is 18.3 Å². The Morgan fingerprint density at radius 3 is 2.67 bits per heavy atom. The minimum Gasteiger partial charge on any atom is -0.357 e. The van der Waals surface area contributed by atoms with Crippen LogP contribution in [0.2, 0.25) is 0 Å². The second kappa shape index (κ2) is 11.0. The summed E-state index contributed by atoms with van der Waals surface area (Å²) in [5, 5.41) is 10.5. The molecule has 7 heteroatoms. The number of nitrogens with one attached hydrogen (secondary N) is 2. The monoisotopic (exact) mass is 443 g/mol. The fourth-order valence-corrected chi connectivity index (χ4v) is 2.21. The third-order valence-corrected chi connectivity index (χ3v) is 3.39. The molecule has 0 spiro atoms. The van der Waals surface area contributed by atoms with E-state index in [0.717, 1.165) is 25.3 Å². The van der Waals surface area contributed by atoms with Crippen LogP contribution in [0.25, 0.3) is 0 Å². The molecular formula is C17H26IN5O. The van der Waals surface area contributed by atoms with E-state index in [1.54, 1.807) is 0 Å². The second-order valence-corrected chi connectivity index (χ2v) is 5.38. The van der Waals surface area contributed by atoms with Crippen LogP contribution in [0.3, 0.4) is 0 Å². The van der Waals surface area contributed by atoms with Crippen LogP contribution < -0.4 is 10.6 Å². The maximum Gasteiger partial charge on any atom is 0.226 e. The van der Waals surface area contributed by atoms with Crippen molar-refractivity contribution in [2.24, 2.45) is 4.99 Å². The normalized spacial score (nSPS) is 12.4. The number of guanidine groups is 1. The summed E-state index contributed by atoms with van der Waals surface area (Å²) in [7, 11) is 0. The molecule has 1 unspecified atom stereocenters. The number of aryl methyl sites for hydroxylation is 2. The van der Waals surface area contributed by atoms with Gasteiger partial charge in [-0.2, -0.15) is 4.98 Å². The van der Waals surface area contributed by atoms with Gasteiger partial charge < -0.3 is 15.2 Å². The molecule has 0 fully saturated rings. The van der Waals surface area contributed by atoms with Crippen molar-refractivity contribution >= 4 is 29.9 Å². The summed E-state index contributed by atoms with van der Waals surface area (Å²) >= 11 is 0. The van der Waals surface area contributed by atoms with Crippen molar-refractivity contribution < 1.29 is 4.52 Å². The van der Waals surface area contributed by atoms with Gasteiger partial charge in [-0.1, -0.05) is 35.5 Å². The summed E-state index contributed by atoms with van der Waals surface area (Å²) in [5.41, 5.74) is 1.24. The topological polar surface area (TPSA) is 75.3 Å². The van der Waals surface area contributed by atoms with Crippen LogP contribution in [-0.2, 0) is 6.42 Å². The molecule has 0 aliphatic rings. The first kappa shape index (κ1) is 20.4. The smallest absolute Gasteiger partial charge is 0.226 e. The van der Waals surface area contributed by atoms with Gasteiger partial charge in [-0.25, -0.2) is 0 Å². The summed E-state index contributed by atoms with van der Waals surface area (Å²) in [6.45, 7) is 7.55. The first-order valence-electron chi connectivity index (χ1n) is 8.08. The Labute approximate surface area is 160 Å². The number of halogens is 1. The molecule has 24 heavy (non-hydrogen) atoms. The summed E-state index contributed by atoms with van der Waals surface area (Å²) in [4.78, 5) is 8.80. The first-order chi connectivity index (χ1) is 11.2. The largest absolute Gasteiger partial charge is 0.357 e. The van der Waals surface area contributed by atoms with E-state index in [1.165, 1.54) is 5.56 Å². The van der Waals surface area contributed by atoms with E-state index in [-0.39, 0.29) is 30.0 Å². The standard InChI is InChI=1S/C17H25N5O.HI/c1-4-18-17(20-13(2)15-9-6-5-7-10-15)19-12-8-11-16-21-14(3)22-23-16;/h5-7,9-10,13H,4,8,11-12H2,1-3H3,(H2,18,19,20);1H. The number of hydrogen-bond donors (Lipinski definition) is 2. The fourth-order valence-electron chi connectivity index (χ4n) is 2.21. The lowest BCUT2D eigenvalue weighted by Crippen LogP contribution is -2.38. The molecule has 0 radical (unpaired) electrons. The van der Waals surface area contributed by atoms with E-state index in [9.17, 15) is 0 Å². The van der Waals surface area contributed by atoms with Gasteiger partial charge in [0.2, 0.25) is 5.89 Å². The molecule has 2 aromatic rings. The van der Waals surface area contributed by atoms with Crippen LogP contribution in [0.1, 0.15) is 43.6 Å². The Morgan fingerprint density at radius 1 is 1.29 bits per heavy atom. The number of hydrogen-bond acceptors (Lipinski definition) is 4. The molecule has 1 atom stereocenters. The molecule has 0 aliphatic carbocycles. The van der Waals surface area contributed by atoms with E-state index >= 15 is 0 Å². The van der Waals surface area contributed by atoms with Gasteiger partial charge in [-0.3, -0.25) is 4.99 Å². The van der Waals surface area contributed by atoms with Crippen molar-refractivity contribution in [2.45, 2.75) is 39.7 Å². The highest BCUT2D eigenvalue weighted by atomic mass is 127. The SMILES string of the molecule is CCNC(=NCCCc1nc(C)no1)NC(C)c1ccccc1.I. The summed E-state index contributed by atoms with van der Waals surface area (Å²) in [6.07, 6.45) is 1.62. The molecule has 1 aromatic heterocycles. The van der Waals surface area contributed by atoms with E-state index < -0.39 is 0 Å². The molecule has 6 nitrogen and oxygen atoms in total. The Hall–Kier alpha value is -1.64. The Kier molecular flexibility index (Phi) is 9.36. The summed E-state index contributed by atoms with van der Waals surface area (Å²) in [6, 6.07) is 10.5. The number of benzene rings is 1. The van der Waals surface area contributed by atoms with Crippen molar-refractivity contribution in [3.8, 4) is 0 Å². The van der Waals surface area contributed by atoms with Crippen LogP contribution in [0.5, 0.6) is 0 Å². The third-order valence-electron chi connectivity index (χ3n) is 3.39. The zero-order valence-corrected chi connectivity index (χ0v) is 16.8. The van der Waals surface area contributed by atoms with Gasteiger partial charge in [0, 0.05) is 19.5 Å². The van der Waals surface area contributed by atoms with Gasteiger partial charge in [-0.15, -0.1) is 24.0 Å². The van der Waals surface area contributed by atoms with Crippen molar-refractivity contribution in [3.05, 3.63) is 47.6 Å². The molecule has 132 valence electrons. The first-order valence-corrected chi connectivity index (χ1v) is 8.08. The van der Waals surface area contributed by atoms with Gasteiger partial charge in [0.25, 0.3) is 0 Å². The average Bonchev–Trinajstić information content (AvgIpc) is 2.98. The lowest BCUT2D eigenvalue weighted by Gasteiger charge is -2.18. The minimum atomic E-state index is 0. The van der Waals surface area contributed by atoms with Gasteiger partial charge >= 0.3 is 0 Å². The number of aromatic nitrogens is 2. The predicted molar refractivity (Wildman–Crippen MR) is 107 cm³/mol. The van der Waals surface area contributed by atoms with Crippen molar-refractivity contribution in [3.63, 3.8) is 0 Å². The molecule has 2 rings (SSSR count). The molecule has 1 heterocycles. The molecule has 0 amide bonds. The van der Waals surface area contributed by atoms with Gasteiger partial charge in [0.15, 0.2) is 11.8 Å². The zero-order chi connectivity index (χ0) is 16.5. The molecular weight excluding hydrogens is 417 g/mol. The Balaban J connectivity index is 0.00000288. The lowest BCUT2D eigenvalue weighted by molar-refractivity contribution is 0.372. The molecule has 2 N–H and O–H groups in total. The highest BCUT2D eigenvalue weighted by Crippen LogP contribution is 2.10. The molecule has 0 saturated carbocycles. The van der Waals surface area contributed by atoms with Crippen molar-refractivity contribution in [1.82, 2.24) is 20.8 Å². The maximum atomic E-state index is 5.10. The van der Waals surface area contributed by atoms with Crippen molar-refractivity contribution in [1.29, 1.82) is 0 Å². The number of aliphatic imine (C=N–C) groups is 1. The molecule has 0 saturated heterocycles. The molecule has 1 aromatic carbocycles. The van der Waals surface area contributed by atoms with Crippen LogP contribution >= 0.6 is 24.0 Å². The van der Waals surface area contributed by atoms with Gasteiger partial charge in [0.05, 0.1) is 6.04 Å². The number of rotatable bonds is 7. The summed E-state index contributed by atoms with van der Waals surface area (Å²) < 4.78 is 5.10. The quantitative estimate of drug-likeness (QED) is 0.298. The Bertz CT molecular complexity index is 614. The second-order valence-electron chi connectivity index (χ2n) is 5.38. The average molecular weight is 443 g/mol. The maximum absolute atomic E-state index is 5.10. The van der Waals surface area contributed by atoms with E-state index in [4.69, 9.17) is 4.52 Å². The Morgan fingerprint density at radius 2 is 2.04 bits per heavy atom. The van der Waals surface area contributed by atoms with Gasteiger partial charge in [0.1, 0.15) is 0 Å². The highest BCUT2D eigenvalue weighted by Gasteiger charge is 2.07. The van der Waals surface area contributed by atoms with E-state index in [2.05, 4.69) is 51.7 Å². The third kappa shape index (κ3) is 6.86. The minimum absolute atomic E-state index is 0. The van der Waals surface area contributed by atoms with Crippen LogP contribution in [0, 0.1) is 6.92 Å². The molecule has 0 aliphatic heterocycles. The lowest BCUT2D eigenvalue weighted by atomic mass is 10.1. The zero-order valence-electron chi connectivity index (χ0n) is 14.5. The van der Waals surface area contributed by atoms with Crippen molar-refractivity contribution in [2.75, 3.05) is 13.1 Å². The van der Waals surface area contributed by atoms with Crippen LogP contribution in [0.4, 0.5) is 0 Å². The van der Waals surface area contributed by atoms with Crippen LogP contribution in [-0.4, -0.2) is 29.2 Å². The summed E-state index contributed by atoms with van der Waals surface area (Å²) in [5.74, 6) is 2.18. The molecule has 0 bridgehead atoms. The van der Waals surface area contributed by atoms with Gasteiger partial charge in [-0.05, 0) is 32.8 Å². The fraction of sp³-hybridized carbons (Fsp3) is 0.471. The predicted octanol–water partition coefficient (Wildman–Crippen LogP) is 3.24. The highest BCUT2D eigenvalue weighted by molar-refractivity contribution is 14.0. The number of nitrogens with zero attached hydrogens (tertiary/aromatic N) is 3. The van der Waals surface area contributed by atoms with E-state index in [1.807, 2.05) is 25.1 Å².